The summed E-state index contributed by atoms with van der Waals surface area (Å²) in [5.41, 5.74) is 1.74. The van der Waals surface area contributed by atoms with Crippen molar-refractivity contribution in [2.24, 2.45) is 0 Å². The number of amides is 1. The highest BCUT2D eigenvalue weighted by Gasteiger charge is 2.42. The highest BCUT2D eigenvalue weighted by Crippen LogP contribution is 2.36. The molecule has 0 atom stereocenters. The first-order valence-corrected chi connectivity index (χ1v) is 8.31. The van der Waals surface area contributed by atoms with E-state index in [1.165, 1.54) is 16.9 Å². The smallest absolute Gasteiger partial charge is 0.236 e. The molecule has 0 saturated carbocycles. The van der Waals surface area contributed by atoms with Crippen LogP contribution in [0, 0.1) is 13.8 Å². The van der Waals surface area contributed by atoms with Gasteiger partial charge in [-0.1, -0.05) is 29.8 Å². The molecule has 1 N–H and O–H groups in total. The third kappa shape index (κ3) is 2.91. The predicted molar refractivity (Wildman–Crippen MR) is 88.4 cm³/mol. The fourth-order valence-electron chi connectivity index (χ4n) is 2.87. The molecule has 2 aromatic rings. The van der Waals surface area contributed by atoms with Gasteiger partial charge in [-0.05, 0) is 32.3 Å². The Balaban J connectivity index is 1.91. The maximum absolute atomic E-state index is 13.0. The number of anilines is 1. The van der Waals surface area contributed by atoms with Crippen LogP contribution < -0.4 is 5.32 Å². The molecule has 0 unspecified atom stereocenters. The number of carbonyl (C=O) groups is 1. The summed E-state index contributed by atoms with van der Waals surface area (Å²) in [5.74, 6) is 0.0222. The number of aryl methyl sites for hydroxylation is 2. The number of nitrogens with one attached hydrogen (secondary N) is 1. The topological polar surface area (TPSA) is 51.2 Å². The van der Waals surface area contributed by atoms with E-state index in [1.54, 1.807) is 6.20 Å². The van der Waals surface area contributed by atoms with Crippen molar-refractivity contribution in [1.29, 1.82) is 0 Å². The van der Waals surface area contributed by atoms with Gasteiger partial charge in [0.05, 0.1) is 5.41 Å². The number of aromatic nitrogens is 1. The molecule has 1 aliphatic rings. The Labute approximate surface area is 134 Å². The fourth-order valence-corrected chi connectivity index (χ4v) is 3.53. The van der Waals surface area contributed by atoms with Gasteiger partial charge < -0.3 is 10.1 Å². The minimum absolute atomic E-state index is 0.0222. The van der Waals surface area contributed by atoms with Gasteiger partial charge in [-0.25, -0.2) is 4.98 Å². The molecule has 0 spiro atoms. The van der Waals surface area contributed by atoms with E-state index in [9.17, 15) is 4.79 Å². The van der Waals surface area contributed by atoms with Gasteiger partial charge in [-0.2, -0.15) is 0 Å². The van der Waals surface area contributed by atoms with Gasteiger partial charge in [0.15, 0.2) is 5.13 Å². The van der Waals surface area contributed by atoms with Crippen LogP contribution in [0.25, 0.3) is 0 Å². The van der Waals surface area contributed by atoms with Crippen LogP contribution in [0.15, 0.2) is 30.5 Å². The Morgan fingerprint density at radius 1 is 1.23 bits per heavy atom. The zero-order valence-corrected chi connectivity index (χ0v) is 13.7. The Kier molecular flexibility index (Phi) is 4.27. The zero-order chi connectivity index (χ0) is 15.6. The highest BCUT2D eigenvalue weighted by molar-refractivity contribution is 7.15. The fraction of sp³-hybridized carbons (Fsp3) is 0.412. The first-order chi connectivity index (χ1) is 10.6. The van der Waals surface area contributed by atoms with Crippen molar-refractivity contribution in [3.63, 3.8) is 0 Å². The van der Waals surface area contributed by atoms with Gasteiger partial charge in [0, 0.05) is 24.3 Å². The molecule has 1 aromatic carbocycles. The summed E-state index contributed by atoms with van der Waals surface area (Å²) in [5, 5.41) is 3.67. The third-order valence-corrected chi connectivity index (χ3v) is 5.06. The van der Waals surface area contributed by atoms with Gasteiger partial charge in [0.1, 0.15) is 0 Å². The van der Waals surface area contributed by atoms with E-state index in [-0.39, 0.29) is 5.91 Å². The summed E-state index contributed by atoms with van der Waals surface area (Å²) in [4.78, 5) is 18.3. The Morgan fingerprint density at radius 3 is 2.50 bits per heavy atom. The van der Waals surface area contributed by atoms with Crippen molar-refractivity contribution >= 4 is 22.4 Å². The number of hydrogen-bond acceptors (Lipinski definition) is 4. The van der Waals surface area contributed by atoms with Crippen molar-refractivity contribution < 1.29 is 9.53 Å². The number of hydrogen-bond donors (Lipinski definition) is 1. The lowest BCUT2D eigenvalue weighted by atomic mass is 9.73. The number of ether oxygens (including phenoxy) is 1. The van der Waals surface area contributed by atoms with Crippen LogP contribution in [0.3, 0.4) is 0 Å². The van der Waals surface area contributed by atoms with E-state index in [2.05, 4.69) is 41.5 Å². The summed E-state index contributed by atoms with van der Waals surface area (Å²) in [6.45, 7) is 5.26. The van der Waals surface area contributed by atoms with Crippen molar-refractivity contribution in [2.75, 3.05) is 18.5 Å². The molecule has 0 aliphatic carbocycles. The van der Waals surface area contributed by atoms with Gasteiger partial charge in [-0.3, -0.25) is 4.79 Å². The largest absolute Gasteiger partial charge is 0.381 e. The predicted octanol–water partition coefficient (Wildman–Crippen LogP) is 3.45. The first kappa shape index (κ1) is 15.2. The highest BCUT2D eigenvalue weighted by atomic mass is 32.1. The van der Waals surface area contributed by atoms with E-state index in [0.29, 0.717) is 31.2 Å². The molecule has 116 valence electrons. The number of rotatable bonds is 3. The van der Waals surface area contributed by atoms with Crippen LogP contribution in [0.1, 0.15) is 28.8 Å². The first-order valence-electron chi connectivity index (χ1n) is 7.49. The van der Waals surface area contributed by atoms with Crippen LogP contribution >= 0.6 is 11.3 Å². The summed E-state index contributed by atoms with van der Waals surface area (Å²) < 4.78 is 5.48. The standard InChI is InChI=1S/C17H20N2O2S/c1-12-3-5-14(6-4-12)17(7-9-21-10-8-17)15(20)19-16-18-11-13(2)22-16/h3-6,11H,7-10H2,1-2H3,(H,18,19,20). The van der Waals surface area contributed by atoms with Crippen molar-refractivity contribution in [1.82, 2.24) is 4.98 Å². The summed E-state index contributed by atoms with van der Waals surface area (Å²) >= 11 is 1.50. The lowest BCUT2D eigenvalue weighted by Crippen LogP contribution is -2.44. The van der Waals surface area contributed by atoms with Crippen LogP contribution in [-0.4, -0.2) is 24.1 Å². The summed E-state index contributed by atoms with van der Waals surface area (Å²) in [7, 11) is 0. The summed E-state index contributed by atoms with van der Waals surface area (Å²) in [6.07, 6.45) is 3.18. The van der Waals surface area contributed by atoms with E-state index >= 15 is 0 Å². The van der Waals surface area contributed by atoms with Crippen LogP contribution in [-0.2, 0) is 14.9 Å². The molecule has 0 radical (unpaired) electrons. The van der Waals surface area contributed by atoms with Gasteiger partial charge in [-0.15, -0.1) is 11.3 Å². The molecule has 1 saturated heterocycles. The average Bonchev–Trinajstić information content (AvgIpc) is 2.93. The molecule has 2 heterocycles. The van der Waals surface area contributed by atoms with Crippen molar-refractivity contribution in [3.05, 3.63) is 46.5 Å². The van der Waals surface area contributed by atoms with Gasteiger partial charge in [0.2, 0.25) is 5.91 Å². The number of benzene rings is 1. The second-order valence-corrected chi connectivity index (χ2v) is 7.03. The molecule has 1 amide bonds. The van der Waals surface area contributed by atoms with Gasteiger partial charge >= 0.3 is 0 Å². The molecule has 22 heavy (non-hydrogen) atoms. The average molecular weight is 316 g/mol. The minimum Gasteiger partial charge on any atom is -0.381 e. The lowest BCUT2D eigenvalue weighted by molar-refractivity contribution is -0.125. The van der Waals surface area contributed by atoms with E-state index < -0.39 is 5.41 Å². The normalized spacial score (nSPS) is 17.2. The van der Waals surface area contributed by atoms with Crippen LogP contribution in [0.5, 0.6) is 0 Å². The van der Waals surface area contributed by atoms with E-state index in [4.69, 9.17) is 4.74 Å². The molecular formula is C17H20N2O2S. The molecule has 1 aliphatic heterocycles. The molecular weight excluding hydrogens is 296 g/mol. The molecule has 1 fully saturated rings. The number of thiazole rings is 1. The van der Waals surface area contributed by atoms with E-state index in [0.717, 1.165) is 10.4 Å². The molecule has 5 heteroatoms. The maximum atomic E-state index is 13.0. The SMILES string of the molecule is Cc1ccc(C2(C(=O)Nc3ncc(C)s3)CCOCC2)cc1. The number of carbonyl (C=O) groups excluding carboxylic acids is 1. The molecule has 1 aromatic heterocycles. The number of nitrogens with zero attached hydrogens (tertiary/aromatic N) is 1. The monoisotopic (exact) mass is 316 g/mol. The summed E-state index contributed by atoms with van der Waals surface area (Å²) in [6, 6.07) is 8.25. The molecule has 0 bridgehead atoms. The minimum atomic E-state index is -0.522. The Morgan fingerprint density at radius 2 is 1.91 bits per heavy atom. The quantitative estimate of drug-likeness (QED) is 0.943. The second-order valence-electron chi connectivity index (χ2n) is 5.79. The van der Waals surface area contributed by atoms with Gasteiger partial charge in [0.25, 0.3) is 0 Å². The van der Waals surface area contributed by atoms with E-state index in [1.807, 2.05) is 6.92 Å². The van der Waals surface area contributed by atoms with Crippen molar-refractivity contribution in [3.8, 4) is 0 Å². The molecule has 4 nitrogen and oxygen atoms in total. The zero-order valence-electron chi connectivity index (χ0n) is 12.9. The Bertz CT molecular complexity index is 658. The third-order valence-electron chi connectivity index (χ3n) is 4.23. The maximum Gasteiger partial charge on any atom is 0.236 e. The van der Waals surface area contributed by atoms with Crippen molar-refractivity contribution in [2.45, 2.75) is 32.1 Å². The lowest BCUT2D eigenvalue weighted by Gasteiger charge is -2.36. The van der Waals surface area contributed by atoms with Crippen LogP contribution in [0.2, 0.25) is 0 Å². The second kappa shape index (κ2) is 6.18. The Hall–Kier alpha value is -1.72. The van der Waals surface area contributed by atoms with Crippen LogP contribution in [0.4, 0.5) is 5.13 Å². The molecule has 3 rings (SSSR count).